The first-order chi connectivity index (χ1) is 9.82. The van der Waals surface area contributed by atoms with Gasteiger partial charge in [-0.25, -0.2) is 0 Å². The van der Waals surface area contributed by atoms with Crippen LogP contribution in [0.5, 0.6) is 5.75 Å². The Morgan fingerprint density at radius 3 is 2.81 bits per heavy atom. The fourth-order valence-electron chi connectivity index (χ4n) is 2.21. The van der Waals surface area contributed by atoms with Gasteiger partial charge in [-0.2, -0.15) is 0 Å². The van der Waals surface area contributed by atoms with E-state index in [0.29, 0.717) is 12.3 Å². The summed E-state index contributed by atoms with van der Waals surface area (Å²) in [4.78, 5) is 11.8. The highest BCUT2D eigenvalue weighted by atomic mass is 16.5. The molecule has 0 spiro atoms. The van der Waals surface area contributed by atoms with Gasteiger partial charge in [0.15, 0.2) is 0 Å². The Bertz CT molecular complexity index is 493. The van der Waals surface area contributed by atoms with E-state index in [2.05, 4.69) is 5.32 Å². The minimum atomic E-state index is -0.881. The number of rotatable bonds is 7. The maximum Gasteiger partial charge on any atom is 0.244 e. The number of carbonyl (C=O) groups excluding carboxylic acids is 1. The number of hydrogen-bond acceptors (Lipinski definition) is 3. The van der Waals surface area contributed by atoms with Crippen LogP contribution in [0.25, 0.3) is 6.08 Å². The molecule has 116 valence electrons. The van der Waals surface area contributed by atoms with Gasteiger partial charge in [0.1, 0.15) is 5.75 Å². The number of hydrogen-bond donors (Lipinski definition) is 2. The number of carbonyl (C=O) groups is 1. The Balaban J connectivity index is 2.51. The van der Waals surface area contributed by atoms with Crippen molar-refractivity contribution in [3.05, 3.63) is 35.9 Å². The molecule has 0 saturated heterocycles. The molecule has 1 aromatic carbocycles. The fraction of sp³-hybridized carbons (Fsp3) is 0.471. The normalized spacial score (nSPS) is 14.2. The van der Waals surface area contributed by atoms with E-state index < -0.39 is 5.60 Å². The number of aliphatic hydroxyl groups is 1. The molecular weight excluding hydrogens is 266 g/mol. The Kier molecular flexibility index (Phi) is 6.43. The number of amides is 1. The quantitative estimate of drug-likeness (QED) is 0.759. The van der Waals surface area contributed by atoms with Crippen molar-refractivity contribution in [3.8, 4) is 5.75 Å². The molecule has 0 aliphatic heterocycles. The second-order valence-electron chi connectivity index (χ2n) is 5.92. The first-order valence-corrected chi connectivity index (χ1v) is 7.15. The molecular formula is C17H25NO3. The highest BCUT2D eigenvalue weighted by molar-refractivity contribution is 5.91. The number of benzene rings is 1. The van der Waals surface area contributed by atoms with Gasteiger partial charge in [0, 0.05) is 12.6 Å². The number of methoxy groups -OCH3 is 1. The smallest absolute Gasteiger partial charge is 0.244 e. The molecule has 1 amide bonds. The van der Waals surface area contributed by atoms with Crippen molar-refractivity contribution in [1.82, 2.24) is 5.32 Å². The first-order valence-electron chi connectivity index (χ1n) is 7.15. The van der Waals surface area contributed by atoms with E-state index in [9.17, 15) is 9.90 Å². The standard InChI is InChI=1S/C17H25NO3/c1-13(2)11-17(3,20)12-18-16(19)9-8-14-6-5-7-15(10-14)21-4/h5-10,13,20H,11-12H2,1-4H3,(H,18,19). The summed E-state index contributed by atoms with van der Waals surface area (Å²) in [5, 5.41) is 12.9. The molecule has 4 heteroatoms. The van der Waals surface area contributed by atoms with Gasteiger partial charge in [-0.1, -0.05) is 26.0 Å². The van der Waals surface area contributed by atoms with E-state index in [1.165, 1.54) is 6.08 Å². The molecule has 1 atom stereocenters. The van der Waals surface area contributed by atoms with Crippen LogP contribution in [0.1, 0.15) is 32.8 Å². The summed E-state index contributed by atoms with van der Waals surface area (Å²) in [5.41, 5.74) is 0.00613. The Labute approximate surface area is 126 Å². The Hall–Kier alpha value is -1.81. The predicted octanol–water partition coefficient (Wildman–Crippen LogP) is 2.62. The van der Waals surface area contributed by atoms with Crippen LogP contribution in [0.15, 0.2) is 30.3 Å². The van der Waals surface area contributed by atoms with Gasteiger partial charge in [0.25, 0.3) is 0 Å². The van der Waals surface area contributed by atoms with Gasteiger partial charge >= 0.3 is 0 Å². The third-order valence-corrected chi connectivity index (χ3v) is 3.01. The topological polar surface area (TPSA) is 58.6 Å². The predicted molar refractivity (Wildman–Crippen MR) is 85.1 cm³/mol. The van der Waals surface area contributed by atoms with Gasteiger partial charge in [0.05, 0.1) is 12.7 Å². The highest BCUT2D eigenvalue weighted by Crippen LogP contribution is 2.15. The van der Waals surface area contributed by atoms with Gasteiger partial charge in [-0.15, -0.1) is 0 Å². The lowest BCUT2D eigenvalue weighted by atomic mass is 9.94. The van der Waals surface area contributed by atoms with Crippen LogP contribution in [0.2, 0.25) is 0 Å². The molecule has 0 fully saturated rings. The third kappa shape index (κ3) is 6.95. The zero-order chi connectivity index (χ0) is 15.9. The molecule has 4 nitrogen and oxygen atoms in total. The molecule has 0 heterocycles. The molecule has 21 heavy (non-hydrogen) atoms. The summed E-state index contributed by atoms with van der Waals surface area (Å²) in [7, 11) is 1.60. The molecule has 2 N–H and O–H groups in total. The van der Waals surface area contributed by atoms with E-state index in [4.69, 9.17) is 4.74 Å². The molecule has 0 aromatic heterocycles. The summed E-state index contributed by atoms with van der Waals surface area (Å²) in [6, 6.07) is 7.45. The van der Waals surface area contributed by atoms with Crippen molar-refractivity contribution in [2.24, 2.45) is 5.92 Å². The average Bonchev–Trinajstić information content (AvgIpc) is 2.42. The molecule has 0 aliphatic carbocycles. The van der Waals surface area contributed by atoms with Crippen LogP contribution in [-0.2, 0) is 4.79 Å². The minimum absolute atomic E-state index is 0.221. The second-order valence-corrected chi connectivity index (χ2v) is 5.92. The van der Waals surface area contributed by atoms with Crippen molar-refractivity contribution >= 4 is 12.0 Å². The summed E-state index contributed by atoms with van der Waals surface area (Å²) in [6.07, 6.45) is 3.82. The van der Waals surface area contributed by atoms with Gasteiger partial charge < -0.3 is 15.2 Å². The average molecular weight is 291 g/mol. The van der Waals surface area contributed by atoms with Crippen LogP contribution in [0.3, 0.4) is 0 Å². The van der Waals surface area contributed by atoms with Crippen molar-refractivity contribution < 1.29 is 14.6 Å². The molecule has 0 bridgehead atoms. The minimum Gasteiger partial charge on any atom is -0.497 e. The van der Waals surface area contributed by atoms with Gasteiger partial charge in [-0.05, 0) is 43.0 Å². The first kappa shape index (κ1) is 17.2. The van der Waals surface area contributed by atoms with Crippen LogP contribution >= 0.6 is 0 Å². The summed E-state index contributed by atoms with van der Waals surface area (Å²) < 4.78 is 5.12. The van der Waals surface area contributed by atoms with Gasteiger partial charge in [-0.3, -0.25) is 4.79 Å². The Morgan fingerprint density at radius 2 is 2.19 bits per heavy atom. The highest BCUT2D eigenvalue weighted by Gasteiger charge is 2.21. The van der Waals surface area contributed by atoms with Crippen molar-refractivity contribution in [2.75, 3.05) is 13.7 Å². The lowest BCUT2D eigenvalue weighted by Gasteiger charge is -2.25. The van der Waals surface area contributed by atoms with E-state index >= 15 is 0 Å². The lowest BCUT2D eigenvalue weighted by Crippen LogP contribution is -2.40. The largest absolute Gasteiger partial charge is 0.497 e. The van der Waals surface area contributed by atoms with Crippen molar-refractivity contribution in [3.63, 3.8) is 0 Å². The fourth-order valence-corrected chi connectivity index (χ4v) is 2.21. The van der Waals surface area contributed by atoms with Gasteiger partial charge in [0.2, 0.25) is 5.91 Å². The van der Waals surface area contributed by atoms with Crippen molar-refractivity contribution in [2.45, 2.75) is 32.8 Å². The van der Waals surface area contributed by atoms with Crippen LogP contribution in [-0.4, -0.2) is 30.3 Å². The second kappa shape index (κ2) is 7.84. The number of nitrogens with one attached hydrogen (secondary N) is 1. The van der Waals surface area contributed by atoms with E-state index in [-0.39, 0.29) is 12.5 Å². The molecule has 0 radical (unpaired) electrons. The SMILES string of the molecule is COc1cccc(C=CC(=O)NCC(C)(O)CC(C)C)c1. The van der Waals surface area contributed by atoms with Crippen LogP contribution in [0.4, 0.5) is 0 Å². The van der Waals surface area contributed by atoms with E-state index in [0.717, 1.165) is 11.3 Å². The monoisotopic (exact) mass is 291 g/mol. The van der Waals surface area contributed by atoms with E-state index in [1.807, 2.05) is 38.1 Å². The number of ether oxygens (including phenoxy) is 1. The zero-order valence-corrected chi connectivity index (χ0v) is 13.2. The maximum atomic E-state index is 11.8. The van der Waals surface area contributed by atoms with Crippen LogP contribution < -0.4 is 10.1 Å². The molecule has 1 aromatic rings. The summed E-state index contributed by atoms with van der Waals surface area (Å²) in [5.74, 6) is 0.906. The molecule has 1 unspecified atom stereocenters. The van der Waals surface area contributed by atoms with Crippen molar-refractivity contribution in [1.29, 1.82) is 0 Å². The molecule has 1 rings (SSSR count). The van der Waals surface area contributed by atoms with Crippen LogP contribution in [0, 0.1) is 5.92 Å². The molecule has 0 saturated carbocycles. The third-order valence-electron chi connectivity index (χ3n) is 3.01. The summed E-state index contributed by atoms with van der Waals surface area (Å²) in [6.45, 7) is 6.06. The zero-order valence-electron chi connectivity index (χ0n) is 13.2. The van der Waals surface area contributed by atoms with E-state index in [1.54, 1.807) is 20.1 Å². The maximum absolute atomic E-state index is 11.8. The molecule has 0 aliphatic rings. The lowest BCUT2D eigenvalue weighted by molar-refractivity contribution is -0.117. The summed E-state index contributed by atoms with van der Waals surface area (Å²) >= 11 is 0. The Morgan fingerprint density at radius 1 is 1.48 bits per heavy atom.